The molecule has 2 fully saturated rings. The lowest BCUT2D eigenvalue weighted by Crippen LogP contribution is -2.50. The zero-order valence-corrected chi connectivity index (χ0v) is 20.7. The topological polar surface area (TPSA) is 90.1 Å². The molecule has 3 heterocycles. The van der Waals surface area contributed by atoms with E-state index in [9.17, 15) is 4.79 Å². The van der Waals surface area contributed by atoms with Gasteiger partial charge in [0.15, 0.2) is 5.82 Å². The number of amides is 1. The summed E-state index contributed by atoms with van der Waals surface area (Å²) in [7, 11) is 1.86. The number of morpholine rings is 1. The molecule has 1 aromatic carbocycles. The van der Waals surface area contributed by atoms with E-state index in [-0.39, 0.29) is 11.9 Å². The molecule has 3 aromatic rings. The van der Waals surface area contributed by atoms with Crippen molar-refractivity contribution >= 4 is 22.6 Å². The van der Waals surface area contributed by atoms with E-state index in [1.807, 2.05) is 27.0 Å². The van der Waals surface area contributed by atoms with Crippen molar-refractivity contribution < 1.29 is 9.53 Å². The first-order valence-corrected chi connectivity index (χ1v) is 12.4. The van der Waals surface area contributed by atoms with Crippen molar-refractivity contribution in [2.24, 2.45) is 17.3 Å². The number of aryl methyl sites for hydroxylation is 1. The van der Waals surface area contributed by atoms with E-state index in [0.717, 1.165) is 71.6 Å². The molecule has 1 amide bonds. The van der Waals surface area contributed by atoms with Crippen molar-refractivity contribution in [3.8, 4) is 11.5 Å². The number of benzene rings is 1. The highest BCUT2D eigenvalue weighted by atomic mass is 16.5. The monoisotopic (exact) mass is 462 g/mol. The van der Waals surface area contributed by atoms with Crippen molar-refractivity contribution in [3.63, 3.8) is 0 Å². The second-order valence-corrected chi connectivity index (χ2v) is 10.8. The molecule has 3 aliphatic rings. The van der Waals surface area contributed by atoms with Gasteiger partial charge in [0.25, 0.3) is 0 Å². The molecule has 0 unspecified atom stereocenters. The minimum atomic E-state index is -0.190. The van der Waals surface area contributed by atoms with Crippen LogP contribution in [0.5, 0.6) is 0 Å². The van der Waals surface area contributed by atoms with Crippen LogP contribution in [0.3, 0.4) is 0 Å². The van der Waals surface area contributed by atoms with Gasteiger partial charge < -0.3 is 14.6 Å². The van der Waals surface area contributed by atoms with Crippen LogP contribution in [0.1, 0.15) is 37.6 Å². The van der Waals surface area contributed by atoms with Crippen molar-refractivity contribution in [2.75, 3.05) is 38.3 Å². The Balaban J connectivity index is 1.29. The van der Waals surface area contributed by atoms with Crippen molar-refractivity contribution in [2.45, 2.75) is 46.6 Å². The number of carbonyl (C=O) groups excluding carboxylic acids is 1. The lowest BCUT2D eigenvalue weighted by molar-refractivity contribution is -0.124. The number of imidazole rings is 1. The number of nitrogens with one attached hydrogen (secondary N) is 2. The summed E-state index contributed by atoms with van der Waals surface area (Å²) < 4.78 is 5.44. The van der Waals surface area contributed by atoms with Gasteiger partial charge in [0.1, 0.15) is 5.69 Å². The maximum Gasteiger partial charge on any atom is 0.243 e. The van der Waals surface area contributed by atoms with Gasteiger partial charge in [0.05, 0.1) is 30.3 Å². The Kier molecular flexibility index (Phi) is 4.90. The van der Waals surface area contributed by atoms with Gasteiger partial charge in [-0.2, -0.15) is 5.10 Å². The second-order valence-electron chi connectivity index (χ2n) is 10.8. The third-order valence-electron chi connectivity index (χ3n) is 8.98. The average molecular weight is 463 g/mol. The molecule has 2 N–H and O–H groups in total. The van der Waals surface area contributed by atoms with Crippen LogP contribution in [0.4, 0.5) is 5.69 Å². The number of hydrogen-bond donors (Lipinski definition) is 2. The van der Waals surface area contributed by atoms with Crippen molar-refractivity contribution in [1.29, 1.82) is 0 Å². The molecule has 1 saturated heterocycles. The van der Waals surface area contributed by atoms with E-state index >= 15 is 0 Å². The Hall–Kier alpha value is -2.71. The molecule has 0 spiro atoms. The molecule has 4 atom stereocenters. The Bertz CT molecular complexity index is 1270. The van der Waals surface area contributed by atoms with Crippen LogP contribution in [0.15, 0.2) is 12.1 Å². The summed E-state index contributed by atoms with van der Waals surface area (Å²) >= 11 is 0. The minimum absolute atomic E-state index is 0.0862. The van der Waals surface area contributed by atoms with Gasteiger partial charge >= 0.3 is 0 Å². The van der Waals surface area contributed by atoms with Crippen LogP contribution >= 0.6 is 0 Å². The standard InChI is InChI=1S/C26H34N6O2/c1-14-10-19-20(12-22(14)31(5)25(33)16(3)32-6-8-34-9-7-32)28-24(27-19)23-17-11-18-15(2)26(18,4)13-21(17)29-30-23/h10,12,15-16,18H,6-9,11,13H2,1-5H3,(H,27,28)(H,29,30)/t15-,16-,18+,26-/m0/s1. The van der Waals surface area contributed by atoms with Crippen LogP contribution in [0, 0.1) is 24.2 Å². The summed E-state index contributed by atoms with van der Waals surface area (Å²) in [5.74, 6) is 2.39. The number of anilines is 1. The smallest absolute Gasteiger partial charge is 0.243 e. The number of fused-ring (bicyclic) bond motifs is 3. The lowest BCUT2D eigenvalue weighted by atomic mass is 9.87. The third-order valence-corrected chi connectivity index (χ3v) is 8.98. The predicted octanol–water partition coefficient (Wildman–Crippen LogP) is 3.32. The number of nitrogens with zero attached hydrogens (tertiary/aromatic N) is 4. The molecule has 1 saturated carbocycles. The van der Waals surface area contributed by atoms with E-state index in [0.29, 0.717) is 18.6 Å². The quantitative estimate of drug-likeness (QED) is 0.621. The molecule has 180 valence electrons. The third kappa shape index (κ3) is 3.22. The van der Waals surface area contributed by atoms with E-state index < -0.39 is 0 Å². The summed E-state index contributed by atoms with van der Waals surface area (Å²) in [5.41, 5.74) is 7.69. The molecule has 6 rings (SSSR count). The SMILES string of the molecule is Cc1cc2[nH]c(-c3n[nH]c4c3C[C@@H]3[C@H](C)[C@]3(C)C4)nc2cc1N(C)C(=O)[C@H](C)N1CCOCC1. The van der Waals surface area contributed by atoms with E-state index in [1.54, 1.807) is 4.90 Å². The van der Waals surface area contributed by atoms with Gasteiger partial charge in [-0.3, -0.25) is 14.8 Å². The number of ether oxygens (including phenoxy) is 1. The Morgan fingerprint density at radius 2 is 2.09 bits per heavy atom. The molecule has 8 heteroatoms. The van der Waals surface area contributed by atoms with Crippen molar-refractivity contribution in [3.05, 3.63) is 29.0 Å². The second kappa shape index (κ2) is 7.65. The van der Waals surface area contributed by atoms with Crippen LogP contribution in [-0.2, 0) is 22.4 Å². The Morgan fingerprint density at radius 3 is 2.85 bits per heavy atom. The molecule has 0 bridgehead atoms. The zero-order valence-electron chi connectivity index (χ0n) is 20.7. The van der Waals surface area contributed by atoms with Gasteiger partial charge in [-0.25, -0.2) is 4.98 Å². The summed E-state index contributed by atoms with van der Waals surface area (Å²) in [4.78, 5) is 25.6. The minimum Gasteiger partial charge on any atom is -0.379 e. The summed E-state index contributed by atoms with van der Waals surface area (Å²) in [6.45, 7) is 11.7. The fourth-order valence-electron chi connectivity index (χ4n) is 6.32. The Labute approximate surface area is 200 Å². The highest BCUT2D eigenvalue weighted by Gasteiger charge is 2.60. The number of aromatic nitrogens is 4. The molecular weight excluding hydrogens is 428 g/mol. The number of likely N-dealkylation sites (N-methyl/N-ethyl adjacent to an activating group) is 1. The molecular formula is C26H34N6O2. The number of rotatable bonds is 4. The fourth-order valence-corrected chi connectivity index (χ4v) is 6.32. The molecule has 34 heavy (non-hydrogen) atoms. The molecule has 8 nitrogen and oxygen atoms in total. The number of hydrogen-bond acceptors (Lipinski definition) is 5. The fraction of sp³-hybridized carbons (Fsp3) is 0.577. The van der Waals surface area contributed by atoms with Gasteiger partial charge in [-0.05, 0) is 61.6 Å². The Morgan fingerprint density at radius 1 is 1.32 bits per heavy atom. The molecule has 2 aliphatic carbocycles. The maximum atomic E-state index is 13.3. The van der Waals surface area contributed by atoms with E-state index in [4.69, 9.17) is 9.72 Å². The molecule has 1 aliphatic heterocycles. The number of carbonyl (C=O) groups is 1. The summed E-state index contributed by atoms with van der Waals surface area (Å²) in [6.07, 6.45) is 2.13. The van der Waals surface area contributed by atoms with Crippen LogP contribution in [0.25, 0.3) is 22.6 Å². The average Bonchev–Trinajstić information content (AvgIpc) is 3.18. The van der Waals surface area contributed by atoms with Gasteiger partial charge in [0, 0.05) is 37.1 Å². The van der Waals surface area contributed by atoms with Crippen molar-refractivity contribution in [1.82, 2.24) is 25.1 Å². The van der Waals surface area contributed by atoms with Gasteiger partial charge in [-0.1, -0.05) is 13.8 Å². The molecule has 2 aromatic heterocycles. The predicted molar refractivity (Wildman–Crippen MR) is 132 cm³/mol. The maximum absolute atomic E-state index is 13.3. The highest BCUT2D eigenvalue weighted by molar-refractivity contribution is 5.99. The number of H-pyrrole nitrogens is 2. The summed E-state index contributed by atoms with van der Waals surface area (Å²) in [6, 6.07) is 3.92. The highest BCUT2D eigenvalue weighted by Crippen LogP contribution is 2.64. The van der Waals surface area contributed by atoms with Crippen LogP contribution < -0.4 is 4.90 Å². The normalized spacial score (nSPS) is 27.3. The van der Waals surface area contributed by atoms with Gasteiger partial charge in [0.2, 0.25) is 5.91 Å². The lowest BCUT2D eigenvalue weighted by Gasteiger charge is -2.33. The van der Waals surface area contributed by atoms with Crippen LogP contribution in [-0.4, -0.2) is 70.4 Å². The molecule has 0 radical (unpaired) electrons. The first kappa shape index (κ1) is 21.8. The number of aromatic amines is 2. The largest absolute Gasteiger partial charge is 0.379 e. The summed E-state index contributed by atoms with van der Waals surface area (Å²) in [5, 5.41) is 7.95. The van der Waals surface area contributed by atoms with Gasteiger partial charge in [-0.15, -0.1) is 0 Å². The van der Waals surface area contributed by atoms with Crippen LogP contribution in [0.2, 0.25) is 0 Å². The first-order chi connectivity index (χ1) is 16.3. The van der Waals surface area contributed by atoms with E-state index in [1.165, 1.54) is 11.3 Å². The zero-order chi connectivity index (χ0) is 23.8. The first-order valence-electron chi connectivity index (χ1n) is 12.4. The van der Waals surface area contributed by atoms with E-state index in [2.05, 4.69) is 40.0 Å².